The molecule has 136 valence electrons. The Hall–Kier alpha value is -2.15. The molecule has 3 rings (SSSR count). The molecule has 26 heavy (non-hydrogen) atoms. The highest BCUT2D eigenvalue weighted by Crippen LogP contribution is 2.34. The Morgan fingerprint density at radius 3 is 2.35 bits per heavy atom. The van der Waals surface area contributed by atoms with Gasteiger partial charge in [0.15, 0.2) is 0 Å². The van der Waals surface area contributed by atoms with Crippen LogP contribution in [0.2, 0.25) is 0 Å². The van der Waals surface area contributed by atoms with Crippen LogP contribution in [0.3, 0.4) is 0 Å². The molecule has 0 fully saturated rings. The number of rotatable bonds is 3. The van der Waals surface area contributed by atoms with Gasteiger partial charge in [-0.3, -0.25) is 4.98 Å². The van der Waals surface area contributed by atoms with E-state index in [2.05, 4.69) is 84.9 Å². The maximum Gasteiger partial charge on any atom is 0.0780 e. The summed E-state index contributed by atoms with van der Waals surface area (Å²) >= 11 is 0. The molecule has 1 heterocycles. The lowest BCUT2D eigenvalue weighted by Crippen LogP contribution is -2.11. The molecule has 3 aromatic rings. The van der Waals surface area contributed by atoms with E-state index in [4.69, 9.17) is 4.98 Å². The summed E-state index contributed by atoms with van der Waals surface area (Å²) in [6, 6.07) is 13.8. The zero-order valence-corrected chi connectivity index (χ0v) is 17.3. The van der Waals surface area contributed by atoms with Gasteiger partial charge >= 0.3 is 0 Å². The molecule has 0 bridgehead atoms. The topological polar surface area (TPSA) is 12.9 Å². The molecule has 0 aliphatic rings. The van der Waals surface area contributed by atoms with E-state index in [1.54, 1.807) is 0 Å². The number of hydrogen-bond acceptors (Lipinski definition) is 1. The van der Waals surface area contributed by atoms with Crippen molar-refractivity contribution >= 4 is 10.8 Å². The minimum Gasteiger partial charge on any atom is -0.255 e. The zero-order chi connectivity index (χ0) is 19.1. The molecule has 0 amide bonds. The molecule has 2 aromatic carbocycles. The average molecular weight is 346 g/mol. The molecular formula is C25H31N. The van der Waals surface area contributed by atoms with Crippen molar-refractivity contribution in [3.05, 3.63) is 64.8 Å². The second-order valence-corrected chi connectivity index (χ2v) is 8.74. The third-order valence-electron chi connectivity index (χ3n) is 5.51. The SMILES string of the molecule is CCC(C)c1ccc2c(C)cnc(-c3cc(C)cc(C(C)(C)C)c3)c2c1. The van der Waals surface area contributed by atoms with Crippen molar-refractivity contribution in [2.24, 2.45) is 0 Å². The van der Waals surface area contributed by atoms with Crippen molar-refractivity contribution in [2.75, 3.05) is 0 Å². The first kappa shape index (κ1) is 18.6. The molecule has 0 saturated heterocycles. The van der Waals surface area contributed by atoms with E-state index in [-0.39, 0.29) is 5.41 Å². The molecule has 1 aromatic heterocycles. The Labute approximate surface area is 158 Å². The molecule has 1 nitrogen and oxygen atoms in total. The molecule has 1 heteroatoms. The summed E-state index contributed by atoms with van der Waals surface area (Å²) in [4.78, 5) is 4.87. The standard InChI is InChI=1S/C25H31N/c1-8-17(3)19-9-10-22-18(4)15-26-24(23(22)14-19)20-11-16(2)12-21(13-20)25(5,6)7/h9-15,17H,8H2,1-7H3. The van der Waals surface area contributed by atoms with Crippen molar-refractivity contribution in [3.8, 4) is 11.3 Å². The molecule has 0 aliphatic heterocycles. The van der Waals surface area contributed by atoms with Gasteiger partial charge in [-0.05, 0) is 71.9 Å². The van der Waals surface area contributed by atoms with Gasteiger partial charge in [-0.2, -0.15) is 0 Å². The summed E-state index contributed by atoms with van der Waals surface area (Å²) in [7, 11) is 0. The predicted molar refractivity (Wildman–Crippen MR) is 114 cm³/mol. The smallest absolute Gasteiger partial charge is 0.0780 e. The van der Waals surface area contributed by atoms with E-state index >= 15 is 0 Å². The number of nitrogens with zero attached hydrogens (tertiary/aromatic N) is 1. The monoisotopic (exact) mass is 345 g/mol. The van der Waals surface area contributed by atoms with E-state index in [9.17, 15) is 0 Å². The van der Waals surface area contributed by atoms with E-state index in [1.165, 1.54) is 38.6 Å². The summed E-state index contributed by atoms with van der Waals surface area (Å²) in [5.41, 5.74) is 7.75. The van der Waals surface area contributed by atoms with Gasteiger partial charge in [-0.25, -0.2) is 0 Å². The lowest BCUT2D eigenvalue weighted by molar-refractivity contribution is 0.590. The van der Waals surface area contributed by atoms with Crippen LogP contribution in [0.25, 0.3) is 22.0 Å². The summed E-state index contributed by atoms with van der Waals surface area (Å²) in [6.45, 7) is 15.7. The number of aryl methyl sites for hydroxylation is 2. The van der Waals surface area contributed by atoms with Gasteiger partial charge in [-0.15, -0.1) is 0 Å². The van der Waals surface area contributed by atoms with Crippen LogP contribution in [0, 0.1) is 13.8 Å². The summed E-state index contributed by atoms with van der Waals surface area (Å²) in [5, 5.41) is 2.58. The molecule has 1 unspecified atom stereocenters. The molecular weight excluding hydrogens is 314 g/mol. The zero-order valence-electron chi connectivity index (χ0n) is 17.3. The van der Waals surface area contributed by atoms with Crippen LogP contribution in [0.1, 0.15) is 69.2 Å². The summed E-state index contributed by atoms with van der Waals surface area (Å²) in [6.07, 6.45) is 3.17. The Bertz CT molecular complexity index is 944. The highest BCUT2D eigenvalue weighted by Gasteiger charge is 2.17. The Balaban J connectivity index is 2.28. The van der Waals surface area contributed by atoms with Crippen LogP contribution in [-0.2, 0) is 5.41 Å². The van der Waals surface area contributed by atoms with Crippen LogP contribution in [0.4, 0.5) is 0 Å². The van der Waals surface area contributed by atoms with E-state index < -0.39 is 0 Å². The van der Waals surface area contributed by atoms with Gasteiger partial charge in [0.1, 0.15) is 0 Å². The van der Waals surface area contributed by atoms with Crippen LogP contribution in [0.5, 0.6) is 0 Å². The molecule has 0 spiro atoms. The first-order valence-corrected chi connectivity index (χ1v) is 9.72. The Morgan fingerprint density at radius 1 is 0.962 bits per heavy atom. The third kappa shape index (κ3) is 3.53. The number of benzene rings is 2. The highest BCUT2D eigenvalue weighted by atomic mass is 14.7. The molecule has 0 saturated carbocycles. The van der Waals surface area contributed by atoms with E-state index in [0.717, 1.165) is 12.1 Å². The van der Waals surface area contributed by atoms with E-state index in [0.29, 0.717) is 5.92 Å². The highest BCUT2D eigenvalue weighted by molar-refractivity contribution is 5.97. The Morgan fingerprint density at radius 2 is 1.69 bits per heavy atom. The van der Waals surface area contributed by atoms with Crippen LogP contribution in [0.15, 0.2) is 42.6 Å². The van der Waals surface area contributed by atoms with E-state index in [1.807, 2.05) is 6.20 Å². The molecule has 0 radical (unpaired) electrons. The fraction of sp³-hybridized carbons (Fsp3) is 0.400. The minimum atomic E-state index is 0.128. The van der Waals surface area contributed by atoms with Crippen molar-refractivity contribution in [1.29, 1.82) is 0 Å². The third-order valence-corrected chi connectivity index (χ3v) is 5.51. The second-order valence-electron chi connectivity index (χ2n) is 8.74. The molecule has 0 aliphatic carbocycles. The Kier molecular flexibility index (Phi) is 4.92. The van der Waals surface area contributed by atoms with Crippen LogP contribution in [-0.4, -0.2) is 4.98 Å². The van der Waals surface area contributed by atoms with Gasteiger partial charge in [0, 0.05) is 17.1 Å². The number of aromatic nitrogens is 1. The predicted octanol–water partition coefficient (Wildman–Crippen LogP) is 7.33. The van der Waals surface area contributed by atoms with Crippen molar-refractivity contribution in [2.45, 2.75) is 66.2 Å². The molecule has 0 N–H and O–H groups in total. The normalized spacial score (nSPS) is 13.2. The van der Waals surface area contributed by atoms with Crippen molar-refractivity contribution in [1.82, 2.24) is 4.98 Å². The lowest BCUT2D eigenvalue weighted by atomic mass is 9.84. The largest absolute Gasteiger partial charge is 0.255 e. The number of fused-ring (bicyclic) bond motifs is 1. The van der Waals surface area contributed by atoms with Crippen molar-refractivity contribution in [3.63, 3.8) is 0 Å². The van der Waals surface area contributed by atoms with Gasteiger partial charge < -0.3 is 0 Å². The minimum absolute atomic E-state index is 0.128. The fourth-order valence-corrected chi connectivity index (χ4v) is 3.53. The fourth-order valence-electron chi connectivity index (χ4n) is 3.53. The maximum atomic E-state index is 4.87. The van der Waals surface area contributed by atoms with Crippen LogP contribution < -0.4 is 0 Å². The quantitative estimate of drug-likeness (QED) is 0.484. The maximum absolute atomic E-state index is 4.87. The van der Waals surface area contributed by atoms with Gasteiger partial charge in [0.25, 0.3) is 0 Å². The first-order valence-electron chi connectivity index (χ1n) is 9.72. The van der Waals surface area contributed by atoms with Gasteiger partial charge in [-0.1, -0.05) is 58.4 Å². The summed E-state index contributed by atoms with van der Waals surface area (Å²) in [5.74, 6) is 0.565. The first-order chi connectivity index (χ1) is 12.2. The number of pyridine rings is 1. The van der Waals surface area contributed by atoms with Crippen molar-refractivity contribution < 1.29 is 0 Å². The average Bonchev–Trinajstić information content (AvgIpc) is 2.59. The number of hydrogen-bond donors (Lipinski definition) is 0. The molecule has 1 atom stereocenters. The van der Waals surface area contributed by atoms with Crippen LogP contribution >= 0.6 is 0 Å². The van der Waals surface area contributed by atoms with Gasteiger partial charge in [0.05, 0.1) is 5.69 Å². The summed E-state index contributed by atoms with van der Waals surface area (Å²) < 4.78 is 0. The van der Waals surface area contributed by atoms with Gasteiger partial charge in [0.2, 0.25) is 0 Å². The second kappa shape index (κ2) is 6.87. The lowest BCUT2D eigenvalue weighted by Gasteiger charge is -2.21.